The van der Waals surface area contributed by atoms with Crippen molar-refractivity contribution < 1.29 is 9.53 Å². The quantitative estimate of drug-likeness (QED) is 0.641. The molecule has 3 aromatic rings. The number of tetrazole rings is 1. The number of para-hydroxylation sites is 1. The van der Waals surface area contributed by atoms with Crippen molar-refractivity contribution in [3.8, 4) is 11.4 Å². The van der Waals surface area contributed by atoms with Crippen LogP contribution in [0.5, 0.6) is 5.75 Å². The molecule has 1 N–H and O–H groups in total. The molecule has 1 unspecified atom stereocenters. The van der Waals surface area contributed by atoms with E-state index in [1.165, 1.54) is 0 Å². The Balaban J connectivity index is 1.64. The summed E-state index contributed by atoms with van der Waals surface area (Å²) in [4.78, 5) is 12.2. The van der Waals surface area contributed by atoms with Gasteiger partial charge in [0.1, 0.15) is 5.75 Å². The van der Waals surface area contributed by atoms with E-state index >= 15 is 0 Å². The van der Waals surface area contributed by atoms with Gasteiger partial charge in [-0.25, -0.2) is 0 Å². The molecule has 1 amide bonds. The highest BCUT2D eigenvalue weighted by Gasteiger charge is 2.18. The number of ether oxygens (including phenoxy) is 1. The maximum Gasteiger partial charge on any atom is 0.258 e. The lowest BCUT2D eigenvalue weighted by molar-refractivity contribution is -0.123. The van der Waals surface area contributed by atoms with Gasteiger partial charge in [0.25, 0.3) is 5.91 Å². The van der Waals surface area contributed by atoms with E-state index in [2.05, 4.69) is 36.8 Å². The topological polar surface area (TPSA) is 81.9 Å². The van der Waals surface area contributed by atoms with Crippen LogP contribution in [0.3, 0.4) is 0 Å². The third-order valence-electron chi connectivity index (χ3n) is 3.53. The number of aromatic nitrogens is 4. The van der Waals surface area contributed by atoms with Crippen LogP contribution >= 0.6 is 27.5 Å². The van der Waals surface area contributed by atoms with Crippen LogP contribution in [-0.4, -0.2) is 32.7 Å². The average molecular weight is 437 g/mol. The van der Waals surface area contributed by atoms with Gasteiger partial charge in [-0.05, 0) is 53.7 Å². The number of carbonyl (C=O) groups is 1. The molecule has 0 saturated heterocycles. The molecule has 0 saturated carbocycles. The molecule has 26 heavy (non-hydrogen) atoms. The van der Waals surface area contributed by atoms with E-state index in [1.54, 1.807) is 35.9 Å². The SMILES string of the molecule is CC(NC(=O)COc1ccccc1Cl)c1nnnn1-c1ccc(Br)cc1. The van der Waals surface area contributed by atoms with Crippen molar-refractivity contribution in [3.05, 3.63) is 63.9 Å². The lowest BCUT2D eigenvalue weighted by Crippen LogP contribution is -2.32. The minimum absolute atomic E-state index is 0.159. The second kappa shape index (κ2) is 8.29. The summed E-state index contributed by atoms with van der Waals surface area (Å²) in [5.74, 6) is 0.665. The molecule has 0 radical (unpaired) electrons. The van der Waals surface area contributed by atoms with Crippen LogP contribution in [0.1, 0.15) is 18.8 Å². The summed E-state index contributed by atoms with van der Waals surface area (Å²) in [5.41, 5.74) is 0.793. The maximum absolute atomic E-state index is 12.2. The monoisotopic (exact) mass is 435 g/mol. The van der Waals surface area contributed by atoms with E-state index in [1.807, 2.05) is 24.3 Å². The molecular formula is C17H15BrClN5O2. The van der Waals surface area contributed by atoms with Crippen LogP contribution < -0.4 is 10.1 Å². The number of nitrogens with one attached hydrogen (secondary N) is 1. The third-order valence-corrected chi connectivity index (χ3v) is 4.37. The van der Waals surface area contributed by atoms with E-state index in [9.17, 15) is 4.79 Å². The first-order chi connectivity index (χ1) is 12.5. The second-order valence-corrected chi connectivity index (χ2v) is 6.76. The fourth-order valence-electron chi connectivity index (χ4n) is 2.28. The normalized spacial score (nSPS) is 11.8. The van der Waals surface area contributed by atoms with Crippen LogP contribution in [0, 0.1) is 0 Å². The van der Waals surface area contributed by atoms with Crippen molar-refractivity contribution >= 4 is 33.4 Å². The summed E-state index contributed by atoms with van der Waals surface area (Å²) in [7, 11) is 0. The molecule has 2 aromatic carbocycles. The number of hydrogen-bond donors (Lipinski definition) is 1. The Morgan fingerprint density at radius 2 is 2.00 bits per heavy atom. The van der Waals surface area contributed by atoms with Gasteiger partial charge in [-0.15, -0.1) is 5.10 Å². The first-order valence-electron chi connectivity index (χ1n) is 7.75. The number of benzene rings is 2. The number of hydrogen-bond acceptors (Lipinski definition) is 5. The molecule has 0 bridgehead atoms. The molecule has 1 heterocycles. The van der Waals surface area contributed by atoms with Crippen LogP contribution in [0.15, 0.2) is 53.0 Å². The average Bonchev–Trinajstić information content (AvgIpc) is 3.11. The lowest BCUT2D eigenvalue weighted by Gasteiger charge is -2.14. The highest BCUT2D eigenvalue weighted by Crippen LogP contribution is 2.23. The van der Waals surface area contributed by atoms with Crippen molar-refractivity contribution in [2.45, 2.75) is 13.0 Å². The fourth-order valence-corrected chi connectivity index (χ4v) is 2.74. The Morgan fingerprint density at radius 3 is 2.73 bits per heavy atom. The van der Waals surface area contributed by atoms with E-state index in [0.717, 1.165) is 10.2 Å². The van der Waals surface area contributed by atoms with E-state index in [-0.39, 0.29) is 12.5 Å². The minimum atomic E-state index is -0.406. The van der Waals surface area contributed by atoms with Gasteiger partial charge in [0, 0.05) is 4.47 Å². The second-order valence-electron chi connectivity index (χ2n) is 5.43. The number of rotatable bonds is 6. The Kier molecular flexibility index (Phi) is 5.85. The van der Waals surface area contributed by atoms with Gasteiger partial charge >= 0.3 is 0 Å². The Labute approximate surface area is 163 Å². The fraction of sp³-hybridized carbons (Fsp3) is 0.176. The molecular weight excluding hydrogens is 422 g/mol. The smallest absolute Gasteiger partial charge is 0.258 e. The molecule has 134 valence electrons. The lowest BCUT2D eigenvalue weighted by atomic mass is 10.2. The van der Waals surface area contributed by atoms with Crippen LogP contribution in [0.2, 0.25) is 5.02 Å². The minimum Gasteiger partial charge on any atom is -0.482 e. The van der Waals surface area contributed by atoms with Gasteiger partial charge in [0.2, 0.25) is 0 Å². The van der Waals surface area contributed by atoms with Gasteiger partial charge in [0.05, 0.1) is 16.8 Å². The standard InChI is InChI=1S/C17H15BrClN5O2/c1-11(20-16(25)10-26-15-5-3-2-4-14(15)19)17-21-22-23-24(17)13-8-6-12(18)7-9-13/h2-9,11H,10H2,1H3,(H,20,25). The molecule has 0 spiro atoms. The highest BCUT2D eigenvalue weighted by atomic mass is 79.9. The molecule has 9 heteroatoms. The van der Waals surface area contributed by atoms with Gasteiger partial charge < -0.3 is 10.1 Å². The summed E-state index contributed by atoms with van der Waals surface area (Å²) in [6.07, 6.45) is 0. The van der Waals surface area contributed by atoms with Gasteiger partial charge in [-0.3, -0.25) is 4.79 Å². The zero-order valence-corrected chi connectivity index (χ0v) is 16.1. The number of carbonyl (C=O) groups excluding carboxylic acids is 1. The van der Waals surface area contributed by atoms with E-state index in [0.29, 0.717) is 16.6 Å². The summed E-state index contributed by atoms with van der Waals surface area (Å²) < 4.78 is 7.97. The van der Waals surface area contributed by atoms with Crippen molar-refractivity contribution in [2.24, 2.45) is 0 Å². The largest absolute Gasteiger partial charge is 0.482 e. The maximum atomic E-state index is 12.2. The van der Waals surface area contributed by atoms with E-state index < -0.39 is 6.04 Å². The summed E-state index contributed by atoms with van der Waals surface area (Å²) in [5, 5.41) is 15.0. The van der Waals surface area contributed by atoms with Gasteiger partial charge in [0.15, 0.2) is 12.4 Å². The Bertz CT molecular complexity index is 900. The van der Waals surface area contributed by atoms with Gasteiger partial charge in [-0.1, -0.05) is 39.7 Å². The van der Waals surface area contributed by atoms with Gasteiger partial charge in [-0.2, -0.15) is 4.68 Å². The molecule has 7 nitrogen and oxygen atoms in total. The van der Waals surface area contributed by atoms with Crippen molar-refractivity contribution in [3.63, 3.8) is 0 Å². The highest BCUT2D eigenvalue weighted by molar-refractivity contribution is 9.10. The summed E-state index contributed by atoms with van der Waals surface area (Å²) >= 11 is 9.39. The van der Waals surface area contributed by atoms with Crippen molar-refractivity contribution in [1.29, 1.82) is 0 Å². The van der Waals surface area contributed by atoms with E-state index in [4.69, 9.17) is 16.3 Å². The summed E-state index contributed by atoms with van der Waals surface area (Å²) in [6.45, 7) is 1.64. The Hall–Kier alpha value is -2.45. The molecule has 0 aliphatic heterocycles. The molecule has 0 aliphatic rings. The predicted octanol–water partition coefficient (Wildman–Crippen LogP) is 3.33. The summed E-state index contributed by atoms with van der Waals surface area (Å²) in [6, 6.07) is 14.1. The molecule has 1 atom stereocenters. The molecule has 3 rings (SSSR count). The molecule has 0 fully saturated rings. The van der Waals surface area contributed by atoms with Crippen LogP contribution in [0.25, 0.3) is 5.69 Å². The Morgan fingerprint density at radius 1 is 1.27 bits per heavy atom. The zero-order chi connectivity index (χ0) is 18.5. The number of amides is 1. The molecule has 0 aliphatic carbocycles. The molecule has 1 aromatic heterocycles. The first-order valence-corrected chi connectivity index (χ1v) is 8.92. The van der Waals surface area contributed by atoms with Crippen LogP contribution in [0.4, 0.5) is 0 Å². The first kappa shape index (κ1) is 18.3. The predicted molar refractivity (Wildman–Crippen MR) is 100 cm³/mol. The number of nitrogens with zero attached hydrogens (tertiary/aromatic N) is 4. The third kappa shape index (κ3) is 4.39. The van der Waals surface area contributed by atoms with Crippen LogP contribution in [-0.2, 0) is 4.79 Å². The zero-order valence-electron chi connectivity index (χ0n) is 13.8. The number of halogens is 2. The van der Waals surface area contributed by atoms with Crippen molar-refractivity contribution in [2.75, 3.05) is 6.61 Å². The van der Waals surface area contributed by atoms with Crippen molar-refractivity contribution in [1.82, 2.24) is 25.5 Å².